The van der Waals surface area contributed by atoms with E-state index in [0.29, 0.717) is 17.5 Å². The van der Waals surface area contributed by atoms with Gasteiger partial charge in [-0.2, -0.15) is 0 Å². The molecule has 1 aliphatic rings. The van der Waals surface area contributed by atoms with Gasteiger partial charge in [0.2, 0.25) is 5.91 Å². The fourth-order valence-electron chi connectivity index (χ4n) is 3.62. The summed E-state index contributed by atoms with van der Waals surface area (Å²) in [6.07, 6.45) is 3.61. The van der Waals surface area contributed by atoms with Crippen molar-refractivity contribution in [2.45, 2.75) is 52.4 Å². The van der Waals surface area contributed by atoms with Crippen molar-refractivity contribution in [3.63, 3.8) is 0 Å². The third kappa shape index (κ3) is 5.80. The van der Waals surface area contributed by atoms with Crippen LogP contribution >= 0.6 is 12.2 Å². The summed E-state index contributed by atoms with van der Waals surface area (Å²) in [6.45, 7) is 8.08. The van der Waals surface area contributed by atoms with E-state index >= 15 is 0 Å². The van der Waals surface area contributed by atoms with Crippen molar-refractivity contribution in [2.24, 2.45) is 0 Å². The van der Waals surface area contributed by atoms with Crippen molar-refractivity contribution in [2.75, 3.05) is 23.3 Å². The van der Waals surface area contributed by atoms with E-state index in [4.69, 9.17) is 12.2 Å². The van der Waals surface area contributed by atoms with Gasteiger partial charge in [-0.1, -0.05) is 44.2 Å². The molecule has 2 N–H and O–H groups in total. The van der Waals surface area contributed by atoms with Crippen LogP contribution in [0.3, 0.4) is 0 Å². The normalized spacial score (nSPS) is 13.8. The lowest BCUT2D eigenvalue weighted by Crippen LogP contribution is -2.30. The molecule has 1 aliphatic heterocycles. The summed E-state index contributed by atoms with van der Waals surface area (Å²) in [5, 5.41) is 7.15. The lowest BCUT2D eigenvalue weighted by atomic mass is 10.0. The van der Waals surface area contributed by atoms with Crippen molar-refractivity contribution in [1.82, 2.24) is 5.32 Å². The van der Waals surface area contributed by atoms with E-state index in [2.05, 4.69) is 48.7 Å². The average Bonchev–Trinajstić information content (AvgIpc) is 3.13. The smallest absolute Gasteiger partial charge is 0.227 e. The number of rotatable bonds is 7. The average molecular weight is 410 g/mol. The van der Waals surface area contributed by atoms with Crippen molar-refractivity contribution in [3.8, 4) is 0 Å². The summed E-state index contributed by atoms with van der Waals surface area (Å²) < 4.78 is 0. The zero-order chi connectivity index (χ0) is 20.8. The molecule has 0 spiro atoms. The number of thiocarbonyl (C=S) groups is 1. The van der Waals surface area contributed by atoms with Crippen LogP contribution < -0.4 is 15.5 Å². The molecular weight excluding hydrogens is 378 g/mol. The highest BCUT2D eigenvalue weighted by molar-refractivity contribution is 7.80. The number of anilines is 2. The van der Waals surface area contributed by atoms with Crippen molar-refractivity contribution >= 4 is 34.6 Å². The minimum absolute atomic E-state index is 0.201. The number of benzene rings is 2. The van der Waals surface area contributed by atoms with E-state index in [-0.39, 0.29) is 5.91 Å². The molecule has 1 heterocycles. The molecule has 1 amide bonds. The van der Waals surface area contributed by atoms with Gasteiger partial charge in [-0.05, 0) is 73.1 Å². The second kappa shape index (κ2) is 9.88. The van der Waals surface area contributed by atoms with E-state index in [1.54, 1.807) is 0 Å². The Morgan fingerprint density at radius 3 is 2.59 bits per heavy atom. The van der Waals surface area contributed by atoms with Gasteiger partial charge < -0.3 is 15.5 Å². The van der Waals surface area contributed by atoms with Gasteiger partial charge in [-0.25, -0.2) is 0 Å². The summed E-state index contributed by atoms with van der Waals surface area (Å²) in [5.41, 5.74) is 5.73. The first-order valence-corrected chi connectivity index (χ1v) is 10.9. The molecule has 3 rings (SSSR count). The molecule has 0 radical (unpaired) electrons. The van der Waals surface area contributed by atoms with Crippen molar-refractivity contribution in [3.05, 3.63) is 59.2 Å². The maximum atomic E-state index is 12.1. The van der Waals surface area contributed by atoms with Gasteiger partial charge in [-0.15, -0.1) is 0 Å². The van der Waals surface area contributed by atoms with Crippen LogP contribution in [0, 0.1) is 6.92 Å². The lowest BCUT2D eigenvalue weighted by molar-refractivity contribution is -0.117. The van der Waals surface area contributed by atoms with Crippen LogP contribution in [-0.2, 0) is 11.2 Å². The van der Waals surface area contributed by atoms with E-state index in [1.165, 1.54) is 11.1 Å². The Morgan fingerprint density at radius 1 is 1.17 bits per heavy atom. The van der Waals surface area contributed by atoms with E-state index in [9.17, 15) is 4.79 Å². The highest BCUT2D eigenvalue weighted by atomic mass is 32.1. The van der Waals surface area contributed by atoms with Crippen molar-refractivity contribution < 1.29 is 4.79 Å². The Labute approximate surface area is 179 Å². The minimum atomic E-state index is 0.201. The predicted octanol–water partition coefficient (Wildman–Crippen LogP) is 5.16. The van der Waals surface area contributed by atoms with Crippen LogP contribution in [0.5, 0.6) is 0 Å². The SMILES string of the molecule is Cc1ccc(NC(=S)NCCCc2ccc(C(C)C)cc2)cc1N1CCCC1=O. The number of amides is 1. The monoisotopic (exact) mass is 409 g/mol. The van der Waals surface area contributed by atoms with E-state index in [0.717, 1.165) is 49.3 Å². The van der Waals surface area contributed by atoms with Gasteiger partial charge in [-0.3, -0.25) is 4.79 Å². The Bertz CT molecular complexity index is 861. The molecule has 4 nitrogen and oxygen atoms in total. The zero-order valence-electron chi connectivity index (χ0n) is 17.6. The first kappa shape index (κ1) is 21.3. The molecule has 0 aliphatic carbocycles. The Kier molecular flexibility index (Phi) is 7.26. The van der Waals surface area contributed by atoms with Gasteiger partial charge in [0, 0.05) is 30.9 Å². The Balaban J connectivity index is 1.46. The number of nitrogens with one attached hydrogen (secondary N) is 2. The molecule has 2 aromatic carbocycles. The molecule has 0 bridgehead atoms. The molecule has 29 heavy (non-hydrogen) atoms. The Morgan fingerprint density at radius 2 is 1.93 bits per heavy atom. The molecule has 2 aromatic rings. The summed E-state index contributed by atoms with van der Waals surface area (Å²) in [5.74, 6) is 0.771. The topological polar surface area (TPSA) is 44.4 Å². The van der Waals surface area contributed by atoms with Gasteiger partial charge in [0.15, 0.2) is 5.11 Å². The molecule has 5 heteroatoms. The fraction of sp³-hybridized carbons (Fsp3) is 0.417. The number of hydrogen-bond acceptors (Lipinski definition) is 2. The molecule has 0 unspecified atom stereocenters. The highest BCUT2D eigenvalue weighted by Crippen LogP contribution is 2.28. The summed E-state index contributed by atoms with van der Waals surface area (Å²) >= 11 is 5.44. The number of aryl methyl sites for hydroxylation is 2. The standard InChI is InChI=1S/C24H31N3OS/c1-17(2)20-11-9-19(10-12-20)6-4-14-25-24(29)26-21-13-8-18(3)22(16-21)27-15-5-7-23(27)28/h8-13,16-17H,4-7,14-15H2,1-3H3,(H2,25,26,29). The minimum Gasteiger partial charge on any atom is -0.362 e. The van der Waals surface area contributed by atoms with Crippen molar-refractivity contribution in [1.29, 1.82) is 0 Å². The van der Waals surface area contributed by atoms with E-state index in [1.807, 2.05) is 30.0 Å². The van der Waals surface area contributed by atoms with Crippen LogP contribution in [0.15, 0.2) is 42.5 Å². The fourth-order valence-corrected chi connectivity index (χ4v) is 3.84. The molecule has 0 saturated carbocycles. The summed E-state index contributed by atoms with van der Waals surface area (Å²) in [6, 6.07) is 14.9. The first-order valence-electron chi connectivity index (χ1n) is 10.5. The lowest BCUT2D eigenvalue weighted by Gasteiger charge is -2.20. The number of hydrogen-bond donors (Lipinski definition) is 2. The second-order valence-electron chi connectivity index (χ2n) is 8.03. The third-order valence-electron chi connectivity index (χ3n) is 5.41. The number of carbonyl (C=O) groups excluding carboxylic acids is 1. The molecule has 1 fully saturated rings. The zero-order valence-corrected chi connectivity index (χ0v) is 18.4. The molecule has 0 atom stereocenters. The molecule has 0 aromatic heterocycles. The van der Waals surface area contributed by atoms with Crippen LogP contribution in [0.4, 0.5) is 11.4 Å². The first-order chi connectivity index (χ1) is 13.9. The van der Waals surface area contributed by atoms with Crippen LogP contribution in [0.25, 0.3) is 0 Å². The molecule has 154 valence electrons. The summed E-state index contributed by atoms with van der Waals surface area (Å²) in [7, 11) is 0. The highest BCUT2D eigenvalue weighted by Gasteiger charge is 2.23. The summed E-state index contributed by atoms with van der Waals surface area (Å²) in [4.78, 5) is 13.9. The number of carbonyl (C=O) groups is 1. The third-order valence-corrected chi connectivity index (χ3v) is 5.65. The molecule has 1 saturated heterocycles. The van der Waals surface area contributed by atoms with Gasteiger partial charge >= 0.3 is 0 Å². The van der Waals surface area contributed by atoms with Crippen LogP contribution in [0.1, 0.15) is 55.7 Å². The van der Waals surface area contributed by atoms with Gasteiger partial charge in [0.25, 0.3) is 0 Å². The Hall–Kier alpha value is -2.40. The van der Waals surface area contributed by atoms with Gasteiger partial charge in [0.05, 0.1) is 0 Å². The second-order valence-corrected chi connectivity index (χ2v) is 8.44. The maximum Gasteiger partial charge on any atom is 0.227 e. The van der Waals surface area contributed by atoms with Gasteiger partial charge in [0.1, 0.15) is 0 Å². The predicted molar refractivity (Wildman–Crippen MR) is 126 cm³/mol. The van der Waals surface area contributed by atoms with Crippen LogP contribution in [-0.4, -0.2) is 24.1 Å². The van der Waals surface area contributed by atoms with Crippen LogP contribution in [0.2, 0.25) is 0 Å². The largest absolute Gasteiger partial charge is 0.362 e. The quantitative estimate of drug-likeness (QED) is 0.489. The maximum absolute atomic E-state index is 12.1. The van der Waals surface area contributed by atoms with E-state index < -0.39 is 0 Å². The number of nitrogens with zero attached hydrogens (tertiary/aromatic N) is 1. The molecular formula is C24H31N3OS.